The van der Waals surface area contributed by atoms with E-state index in [9.17, 15) is 20.0 Å². The molecule has 1 atom stereocenters. The summed E-state index contributed by atoms with van der Waals surface area (Å²) in [5, 5.41) is 20.1. The highest BCUT2D eigenvalue weighted by atomic mass is 16.6. The SMILES string of the molecule is CC(O)CN(C)C(=O)c1cc([N+](=O)[O-])cn1C(C)C. The topological polar surface area (TPSA) is 88.6 Å². The number of hydrogen-bond acceptors (Lipinski definition) is 4. The molecule has 1 N–H and O–H groups in total. The number of carbonyl (C=O) groups excluding carboxylic acids is 1. The highest BCUT2D eigenvalue weighted by molar-refractivity contribution is 5.93. The summed E-state index contributed by atoms with van der Waals surface area (Å²) in [5.74, 6) is -0.345. The van der Waals surface area contributed by atoms with E-state index in [4.69, 9.17) is 0 Å². The fraction of sp³-hybridized carbons (Fsp3) is 0.583. The van der Waals surface area contributed by atoms with Crippen LogP contribution in [0.5, 0.6) is 0 Å². The standard InChI is InChI=1S/C12H19N3O4/c1-8(2)14-7-10(15(18)19)5-11(14)12(17)13(4)6-9(3)16/h5,7-9,16H,6H2,1-4H3. The van der Waals surface area contributed by atoms with Gasteiger partial charge in [-0.05, 0) is 20.8 Å². The molecule has 0 bridgehead atoms. The van der Waals surface area contributed by atoms with Crippen LogP contribution >= 0.6 is 0 Å². The highest BCUT2D eigenvalue weighted by Crippen LogP contribution is 2.21. The first-order chi connectivity index (χ1) is 8.73. The van der Waals surface area contributed by atoms with Crippen molar-refractivity contribution in [1.29, 1.82) is 0 Å². The van der Waals surface area contributed by atoms with Crippen molar-refractivity contribution in [2.24, 2.45) is 0 Å². The minimum atomic E-state index is -0.647. The van der Waals surface area contributed by atoms with Crippen molar-refractivity contribution in [1.82, 2.24) is 9.47 Å². The van der Waals surface area contributed by atoms with Crippen LogP contribution in [0.4, 0.5) is 5.69 Å². The van der Waals surface area contributed by atoms with Crippen molar-refractivity contribution < 1.29 is 14.8 Å². The number of carbonyl (C=O) groups is 1. The van der Waals surface area contributed by atoms with E-state index in [0.29, 0.717) is 0 Å². The van der Waals surface area contributed by atoms with E-state index in [1.165, 1.54) is 17.2 Å². The molecule has 1 unspecified atom stereocenters. The van der Waals surface area contributed by atoms with Gasteiger partial charge in [-0.25, -0.2) is 0 Å². The fourth-order valence-electron chi connectivity index (χ4n) is 1.84. The third-order valence-corrected chi connectivity index (χ3v) is 2.71. The first-order valence-corrected chi connectivity index (χ1v) is 6.03. The molecule has 19 heavy (non-hydrogen) atoms. The number of aromatic nitrogens is 1. The molecule has 1 aromatic heterocycles. The Morgan fingerprint density at radius 3 is 2.53 bits per heavy atom. The number of amides is 1. The number of aliphatic hydroxyl groups is 1. The smallest absolute Gasteiger partial charge is 0.287 e. The lowest BCUT2D eigenvalue weighted by molar-refractivity contribution is -0.384. The number of likely N-dealkylation sites (N-methyl/N-ethyl adjacent to an activating group) is 1. The second kappa shape index (κ2) is 5.83. The van der Waals surface area contributed by atoms with E-state index >= 15 is 0 Å². The van der Waals surface area contributed by atoms with Gasteiger partial charge in [0.05, 0.1) is 17.2 Å². The summed E-state index contributed by atoms with van der Waals surface area (Å²) in [7, 11) is 1.55. The summed E-state index contributed by atoms with van der Waals surface area (Å²) >= 11 is 0. The summed E-state index contributed by atoms with van der Waals surface area (Å²) in [6.45, 7) is 5.44. The molecule has 0 radical (unpaired) electrons. The van der Waals surface area contributed by atoms with Crippen LogP contribution in [0.3, 0.4) is 0 Å². The molecule has 7 nitrogen and oxygen atoms in total. The molecule has 1 amide bonds. The van der Waals surface area contributed by atoms with Crippen molar-refractivity contribution in [2.45, 2.75) is 32.9 Å². The maximum atomic E-state index is 12.2. The van der Waals surface area contributed by atoms with Gasteiger partial charge in [0.15, 0.2) is 0 Å². The van der Waals surface area contributed by atoms with E-state index in [1.807, 2.05) is 13.8 Å². The van der Waals surface area contributed by atoms with Gasteiger partial charge in [-0.15, -0.1) is 0 Å². The lowest BCUT2D eigenvalue weighted by atomic mass is 10.3. The first-order valence-electron chi connectivity index (χ1n) is 6.03. The largest absolute Gasteiger partial charge is 0.392 e. The third-order valence-electron chi connectivity index (χ3n) is 2.71. The Morgan fingerprint density at radius 1 is 1.53 bits per heavy atom. The molecule has 1 heterocycles. The van der Waals surface area contributed by atoms with Gasteiger partial charge in [-0.2, -0.15) is 0 Å². The zero-order valence-corrected chi connectivity index (χ0v) is 11.5. The van der Waals surface area contributed by atoms with Crippen LogP contribution in [0.1, 0.15) is 37.3 Å². The minimum absolute atomic E-state index is 0.0624. The molecule has 1 rings (SSSR count). The molecule has 0 spiro atoms. The van der Waals surface area contributed by atoms with Gasteiger partial charge >= 0.3 is 0 Å². The summed E-state index contributed by atoms with van der Waals surface area (Å²) < 4.78 is 1.57. The van der Waals surface area contributed by atoms with Gasteiger partial charge in [0.25, 0.3) is 11.6 Å². The van der Waals surface area contributed by atoms with Crippen molar-refractivity contribution >= 4 is 11.6 Å². The Labute approximate surface area is 111 Å². The van der Waals surface area contributed by atoms with Crippen LogP contribution in [-0.2, 0) is 0 Å². The molecule has 0 saturated heterocycles. The zero-order chi connectivity index (χ0) is 14.7. The molecule has 0 aliphatic carbocycles. The van der Waals surface area contributed by atoms with Crippen LogP contribution in [0.2, 0.25) is 0 Å². The van der Waals surface area contributed by atoms with Crippen LogP contribution in [0.15, 0.2) is 12.3 Å². The predicted octanol–water partition coefficient (Wildman–Crippen LogP) is 1.43. The lowest BCUT2D eigenvalue weighted by Gasteiger charge is -2.20. The van der Waals surface area contributed by atoms with E-state index in [0.717, 1.165) is 0 Å². The Hall–Kier alpha value is -1.89. The number of nitro groups is 1. The minimum Gasteiger partial charge on any atom is -0.392 e. The van der Waals surface area contributed by atoms with E-state index < -0.39 is 11.0 Å². The Morgan fingerprint density at radius 2 is 2.11 bits per heavy atom. The summed E-state index contributed by atoms with van der Waals surface area (Å²) in [6.07, 6.45) is 0.708. The van der Waals surface area contributed by atoms with Crippen molar-refractivity contribution in [3.63, 3.8) is 0 Å². The van der Waals surface area contributed by atoms with Crippen molar-refractivity contribution in [3.05, 3.63) is 28.1 Å². The number of aliphatic hydroxyl groups excluding tert-OH is 1. The average Bonchev–Trinajstić information content (AvgIpc) is 2.71. The van der Waals surface area contributed by atoms with E-state index in [-0.39, 0.29) is 29.9 Å². The van der Waals surface area contributed by atoms with Crippen LogP contribution < -0.4 is 0 Å². The number of rotatable bonds is 5. The Kier molecular flexibility index (Phi) is 4.66. The molecule has 1 aromatic rings. The molecule has 0 aromatic carbocycles. The molecule has 106 valence electrons. The van der Waals surface area contributed by atoms with Gasteiger partial charge in [-0.1, -0.05) is 0 Å². The summed E-state index contributed by atoms with van der Waals surface area (Å²) in [4.78, 5) is 23.8. The molecule has 7 heteroatoms. The molecule has 0 aliphatic rings. The number of hydrogen-bond donors (Lipinski definition) is 1. The first kappa shape index (κ1) is 15.2. The van der Waals surface area contributed by atoms with Gasteiger partial charge in [-0.3, -0.25) is 14.9 Å². The maximum absolute atomic E-state index is 12.2. The average molecular weight is 269 g/mol. The van der Waals surface area contributed by atoms with Gasteiger partial charge < -0.3 is 14.6 Å². The lowest BCUT2D eigenvalue weighted by Crippen LogP contribution is -2.34. The maximum Gasteiger partial charge on any atom is 0.287 e. The molecule has 0 aliphatic heterocycles. The molecular formula is C12H19N3O4. The summed E-state index contributed by atoms with van der Waals surface area (Å²) in [6, 6.07) is 1.20. The van der Waals surface area contributed by atoms with Gasteiger partial charge in [0.2, 0.25) is 0 Å². The van der Waals surface area contributed by atoms with Gasteiger partial charge in [0, 0.05) is 25.7 Å². The number of nitrogens with zero attached hydrogens (tertiary/aromatic N) is 3. The molecule has 0 fully saturated rings. The van der Waals surface area contributed by atoms with Gasteiger partial charge in [0.1, 0.15) is 5.69 Å². The normalized spacial score (nSPS) is 12.5. The van der Waals surface area contributed by atoms with Crippen LogP contribution in [0.25, 0.3) is 0 Å². The monoisotopic (exact) mass is 269 g/mol. The zero-order valence-electron chi connectivity index (χ0n) is 11.5. The second-order valence-corrected chi connectivity index (χ2v) is 4.88. The second-order valence-electron chi connectivity index (χ2n) is 4.88. The Balaban J connectivity index is 3.10. The fourth-order valence-corrected chi connectivity index (χ4v) is 1.84. The quantitative estimate of drug-likeness (QED) is 0.647. The Bertz CT molecular complexity index is 479. The molecular weight excluding hydrogens is 250 g/mol. The van der Waals surface area contributed by atoms with Crippen molar-refractivity contribution in [2.75, 3.05) is 13.6 Å². The van der Waals surface area contributed by atoms with Crippen LogP contribution in [-0.4, -0.2) is 45.1 Å². The van der Waals surface area contributed by atoms with E-state index in [2.05, 4.69) is 0 Å². The predicted molar refractivity (Wildman–Crippen MR) is 70.1 cm³/mol. The van der Waals surface area contributed by atoms with Crippen molar-refractivity contribution in [3.8, 4) is 0 Å². The highest BCUT2D eigenvalue weighted by Gasteiger charge is 2.23. The third kappa shape index (κ3) is 3.54. The summed E-state index contributed by atoms with van der Waals surface area (Å²) in [5.41, 5.74) is 0.146. The molecule has 0 saturated carbocycles. The van der Waals surface area contributed by atoms with Crippen LogP contribution in [0, 0.1) is 10.1 Å². The van der Waals surface area contributed by atoms with E-state index in [1.54, 1.807) is 18.5 Å².